The SMILES string of the molecule is O=C(O)C1CCCN1S(=O)(=O)c1cc(Br)cc2c1OCC2. The first kappa shape index (κ1) is 14.8. The van der Waals surface area contributed by atoms with Gasteiger partial charge >= 0.3 is 5.97 Å². The van der Waals surface area contributed by atoms with E-state index in [1.54, 1.807) is 0 Å². The van der Waals surface area contributed by atoms with Gasteiger partial charge in [0, 0.05) is 23.0 Å². The van der Waals surface area contributed by atoms with E-state index in [9.17, 15) is 18.3 Å². The molecule has 1 N–H and O–H groups in total. The molecule has 1 aromatic carbocycles. The van der Waals surface area contributed by atoms with Gasteiger partial charge in [0.15, 0.2) is 0 Å². The van der Waals surface area contributed by atoms with E-state index in [4.69, 9.17) is 4.74 Å². The van der Waals surface area contributed by atoms with Gasteiger partial charge in [-0.15, -0.1) is 0 Å². The van der Waals surface area contributed by atoms with Crippen molar-refractivity contribution in [2.45, 2.75) is 30.2 Å². The summed E-state index contributed by atoms with van der Waals surface area (Å²) in [5, 5.41) is 9.20. The average Bonchev–Trinajstić information content (AvgIpc) is 3.05. The first-order valence-electron chi connectivity index (χ1n) is 6.61. The van der Waals surface area contributed by atoms with Gasteiger partial charge in [-0.2, -0.15) is 4.31 Å². The molecule has 1 unspecified atom stereocenters. The molecule has 0 bridgehead atoms. The van der Waals surface area contributed by atoms with Crippen LogP contribution in [0, 0.1) is 0 Å². The number of fused-ring (bicyclic) bond motifs is 1. The first-order chi connectivity index (χ1) is 9.91. The first-order valence-corrected chi connectivity index (χ1v) is 8.84. The number of ether oxygens (including phenoxy) is 1. The van der Waals surface area contributed by atoms with Crippen LogP contribution in [0.25, 0.3) is 0 Å². The Morgan fingerprint density at radius 1 is 1.43 bits per heavy atom. The van der Waals surface area contributed by atoms with E-state index in [-0.39, 0.29) is 11.4 Å². The molecule has 1 aromatic rings. The van der Waals surface area contributed by atoms with Crippen LogP contribution >= 0.6 is 15.9 Å². The van der Waals surface area contributed by atoms with Gasteiger partial charge in [-0.25, -0.2) is 8.42 Å². The van der Waals surface area contributed by atoms with Crippen molar-refractivity contribution in [2.75, 3.05) is 13.2 Å². The molecule has 21 heavy (non-hydrogen) atoms. The zero-order valence-corrected chi connectivity index (χ0v) is 13.5. The Labute approximate surface area is 130 Å². The highest BCUT2D eigenvalue weighted by Crippen LogP contribution is 2.38. The third kappa shape index (κ3) is 2.45. The van der Waals surface area contributed by atoms with Crippen LogP contribution in [-0.4, -0.2) is 43.0 Å². The fourth-order valence-electron chi connectivity index (χ4n) is 2.83. The van der Waals surface area contributed by atoms with E-state index >= 15 is 0 Å². The molecule has 0 saturated carbocycles. The maximum Gasteiger partial charge on any atom is 0.322 e. The Balaban J connectivity index is 2.09. The minimum atomic E-state index is -3.88. The molecular weight excluding hydrogens is 362 g/mol. The second kappa shape index (κ2) is 5.26. The van der Waals surface area contributed by atoms with Crippen LogP contribution in [0.1, 0.15) is 18.4 Å². The van der Waals surface area contributed by atoms with Gasteiger partial charge in [-0.1, -0.05) is 15.9 Å². The van der Waals surface area contributed by atoms with Crippen LogP contribution in [-0.2, 0) is 21.2 Å². The van der Waals surface area contributed by atoms with Crippen LogP contribution in [0.2, 0.25) is 0 Å². The van der Waals surface area contributed by atoms with Crippen LogP contribution in [0.15, 0.2) is 21.5 Å². The zero-order valence-electron chi connectivity index (χ0n) is 11.1. The lowest BCUT2D eigenvalue weighted by Gasteiger charge is -2.22. The second-order valence-corrected chi connectivity index (χ2v) is 7.88. The van der Waals surface area contributed by atoms with Crippen molar-refractivity contribution >= 4 is 31.9 Å². The number of carboxylic acids is 1. The Morgan fingerprint density at radius 2 is 2.19 bits per heavy atom. The van der Waals surface area contributed by atoms with E-state index in [0.717, 1.165) is 9.87 Å². The molecule has 0 radical (unpaired) electrons. The van der Waals surface area contributed by atoms with Gasteiger partial charge < -0.3 is 9.84 Å². The molecule has 0 amide bonds. The van der Waals surface area contributed by atoms with Crippen LogP contribution in [0.5, 0.6) is 5.75 Å². The van der Waals surface area contributed by atoms with Gasteiger partial charge in [0.25, 0.3) is 0 Å². The molecule has 6 nitrogen and oxygen atoms in total. The molecule has 1 atom stereocenters. The number of carboxylic acid groups (broad SMARTS) is 1. The van der Waals surface area contributed by atoms with Crippen LogP contribution < -0.4 is 4.74 Å². The molecular formula is C13H14BrNO5S. The normalized spacial score (nSPS) is 22.0. The number of halogens is 1. The number of hydrogen-bond acceptors (Lipinski definition) is 4. The quantitative estimate of drug-likeness (QED) is 0.867. The van der Waals surface area contributed by atoms with E-state index in [2.05, 4.69) is 15.9 Å². The molecule has 3 rings (SSSR count). The van der Waals surface area contributed by atoms with Crippen molar-refractivity contribution in [2.24, 2.45) is 0 Å². The van der Waals surface area contributed by atoms with Crippen LogP contribution in [0.4, 0.5) is 0 Å². The molecule has 2 aliphatic heterocycles. The fourth-order valence-corrected chi connectivity index (χ4v) is 5.34. The number of sulfonamides is 1. The van der Waals surface area contributed by atoms with Crippen molar-refractivity contribution in [1.82, 2.24) is 4.31 Å². The molecule has 0 aliphatic carbocycles. The minimum Gasteiger partial charge on any atom is -0.492 e. The predicted octanol–water partition coefficient (Wildman–Crippen LogP) is 1.62. The molecule has 1 fully saturated rings. The van der Waals surface area contributed by atoms with E-state index in [1.807, 2.05) is 6.07 Å². The number of aliphatic carboxylic acids is 1. The van der Waals surface area contributed by atoms with E-state index in [0.29, 0.717) is 36.1 Å². The number of rotatable bonds is 3. The Kier molecular flexibility index (Phi) is 3.71. The highest BCUT2D eigenvalue weighted by molar-refractivity contribution is 9.10. The van der Waals surface area contributed by atoms with Gasteiger partial charge in [0.2, 0.25) is 10.0 Å². The molecule has 8 heteroatoms. The van der Waals surface area contributed by atoms with Crippen molar-refractivity contribution in [1.29, 1.82) is 0 Å². The summed E-state index contributed by atoms with van der Waals surface area (Å²) in [4.78, 5) is 11.3. The highest BCUT2D eigenvalue weighted by Gasteiger charge is 2.41. The summed E-state index contributed by atoms with van der Waals surface area (Å²) < 4.78 is 32.8. The van der Waals surface area contributed by atoms with Crippen molar-refractivity contribution in [3.63, 3.8) is 0 Å². The maximum atomic E-state index is 12.8. The number of hydrogen-bond donors (Lipinski definition) is 1. The molecule has 2 heterocycles. The Bertz CT molecular complexity index is 703. The fraction of sp³-hybridized carbons (Fsp3) is 0.462. The summed E-state index contributed by atoms with van der Waals surface area (Å²) in [5.41, 5.74) is 0.828. The summed E-state index contributed by atoms with van der Waals surface area (Å²) >= 11 is 3.31. The standard InChI is InChI=1S/C13H14BrNO5S/c14-9-6-8-3-5-20-12(8)11(7-9)21(18,19)15-4-1-2-10(15)13(16)17/h6-7,10H,1-5H2,(H,16,17). The topological polar surface area (TPSA) is 83.9 Å². The van der Waals surface area contributed by atoms with Crippen molar-refractivity contribution in [3.05, 3.63) is 22.2 Å². The molecule has 114 valence electrons. The smallest absolute Gasteiger partial charge is 0.322 e. The highest BCUT2D eigenvalue weighted by atomic mass is 79.9. The maximum absolute atomic E-state index is 12.8. The van der Waals surface area contributed by atoms with Crippen molar-refractivity contribution < 1.29 is 23.1 Å². The third-order valence-electron chi connectivity index (χ3n) is 3.79. The van der Waals surface area contributed by atoms with Crippen LogP contribution in [0.3, 0.4) is 0 Å². The second-order valence-electron chi connectivity index (χ2n) is 5.10. The van der Waals surface area contributed by atoms with Gasteiger partial charge in [-0.05, 0) is 25.0 Å². The van der Waals surface area contributed by atoms with Crippen molar-refractivity contribution in [3.8, 4) is 5.75 Å². The molecule has 2 aliphatic rings. The molecule has 1 saturated heterocycles. The lowest BCUT2D eigenvalue weighted by Crippen LogP contribution is -2.40. The lowest BCUT2D eigenvalue weighted by molar-refractivity contribution is -0.140. The summed E-state index contributed by atoms with van der Waals surface area (Å²) in [5.74, 6) is -0.752. The zero-order chi connectivity index (χ0) is 15.2. The number of carbonyl (C=O) groups is 1. The summed E-state index contributed by atoms with van der Waals surface area (Å²) in [7, 11) is -3.88. The summed E-state index contributed by atoms with van der Waals surface area (Å²) in [6.45, 7) is 0.664. The molecule has 0 aromatic heterocycles. The van der Waals surface area contributed by atoms with E-state index in [1.165, 1.54) is 6.07 Å². The minimum absolute atomic E-state index is 0.0533. The Hall–Kier alpha value is -1.12. The van der Waals surface area contributed by atoms with Gasteiger partial charge in [-0.3, -0.25) is 4.79 Å². The monoisotopic (exact) mass is 375 g/mol. The predicted molar refractivity (Wildman–Crippen MR) is 77.9 cm³/mol. The van der Waals surface area contributed by atoms with Gasteiger partial charge in [0.05, 0.1) is 6.61 Å². The largest absolute Gasteiger partial charge is 0.492 e. The summed E-state index contributed by atoms with van der Waals surface area (Å²) in [6, 6.07) is 2.32. The lowest BCUT2D eigenvalue weighted by atomic mass is 10.2. The Morgan fingerprint density at radius 3 is 2.90 bits per heavy atom. The van der Waals surface area contributed by atoms with Gasteiger partial charge in [0.1, 0.15) is 16.7 Å². The summed E-state index contributed by atoms with van der Waals surface area (Å²) in [6.07, 6.45) is 1.54. The number of benzene rings is 1. The van der Waals surface area contributed by atoms with E-state index < -0.39 is 22.0 Å². The average molecular weight is 376 g/mol. The third-order valence-corrected chi connectivity index (χ3v) is 6.16. The molecule has 0 spiro atoms. The number of nitrogens with zero attached hydrogens (tertiary/aromatic N) is 1.